The Morgan fingerprint density at radius 3 is 2.86 bits per heavy atom. The third-order valence-corrected chi connectivity index (χ3v) is 5.47. The predicted octanol–water partition coefficient (Wildman–Crippen LogP) is 2.15. The van der Waals surface area contributed by atoms with Gasteiger partial charge in [0.1, 0.15) is 19.0 Å². The van der Waals surface area contributed by atoms with Gasteiger partial charge in [-0.05, 0) is 44.1 Å². The Labute approximate surface area is 125 Å². The van der Waals surface area contributed by atoms with Gasteiger partial charge >= 0.3 is 0 Å². The van der Waals surface area contributed by atoms with E-state index < -0.39 is 0 Å². The van der Waals surface area contributed by atoms with Crippen molar-refractivity contribution in [1.82, 2.24) is 4.90 Å². The fraction of sp³-hybridized carbons (Fsp3) is 0.588. The predicted molar refractivity (Wildman–Crippen MR) is 79.0 cm³/mol. The summed E-state index contributed by atoms with van der Waals surface area (Å²) in [4.78, 5) is 14.2. The van der Waals surface area contributed by atoms with E-state index in [-0.39, 0.29) is 5.41 Å². The first-order valence-electron chi connectivity index (χ1n) is 7.81. The van der Waals surface area contributed by atoms with Crippen molar-refractivity contribution in [1.29, 1.82) is 0 Å². The maximum absolute atomic E-state index is 11.9. The van der Waals surface area contributed by atoms with E-state index in [0.717, 1.165) is 30.9 Å². The molecule has 0 aromatic heterocycles. The highest BCUT2D eigenvalue weighted by Crippen LogP contribution is 2.49. The molecule has 3 aliphatic rings. The molecular weight excluding hydrogens is 266 g/mol. The van der Waals surface area contributed by atoms with Crippen LogP contribution in [0.15, 0.2) is 18.2 Å². The van der Waals surface area contributed by atoms with E-state index in [2.05, 4.69) is 24.1 Å². The molecule has 1 saturated carbocycles. The van der Waals surface area contributed by atoms with Crippen molar-refractivity contribution in [3.05, 3.63) is 23.8 Å². The highest BCUT2D eigenvalue weighted by atomic mass is 16.6. The normalized spacial score (nSPS) is 32.0. The number of carbonyl (C=O) groups is 1. The monoisotopic (exact) mass is 287 g/mol. The van der Waals surface area contributed by atoms with Gasteiger partial charge in [-0.25, -0.2) is 0 Å². The van der Waals surface area contributed by atoms with Gasteiger partial charge in [-0.15, -0.1) is 0 Å². The van der Waals surface area contributed by atoms with Gasteiger partial charge in [0.2, 0.25) is 0 Å². The average Bonchev–Trinajstić information content (AvgIpc) is 2.85. The lowest BCUT2D eigenvalue weighted by molar-refractivity contribution is -0.122. The van der Waals surface area contributed by atoms with Gasteiger partial charge in [0.15, 0.2) is 11.5 Å². The van der Waals surface area contributed by atoms with E-state index in [1.807, 2.05) is 6.07 Å². The smallest absolute Gasteiger partial charge is 0.161 e. The van der Waals surface area contributed by atoms with Gasteiger partial charge < -0.3 is 14.4 Å². The second-order valence-electron chi connectivity index (χ2n) is 6.50. The number of carbonyl (C=O) groups excluding carboxylic acids is 1. The number of ketones is 1. The Kier molecular flexibility index (Phi) is 2.96. The second kappa shape index (κ2) is 4.73. The summed E-state index contributed by atoms with van der Waals surface area (Å²) in [6.45, 7) is 2.30. The number of ether oxygens (including phenoxy) is 2. The SMILES string of the molecule is CN1CC[C@]2(c3ccc4c(c3)OCCO4)CCC(=O)C[C@H]12. The van der Waals surface area contributed by atoms with Gasteiger partial charge in [-0.1, -0.05) is 6.07 Å². The number of likely N-dealkylation sites (N-methyl/N-ethyl adjacent to an activating group) is 1. The number of benzene rings is 1. The number of nitrogens with zero attached hydrogens (tertiary/aromatic N) is 1. The second-order valence-corrected chi connectivity index (χ2v) is 6.50. The molecule has 4 heteroatoms. The standard InChI is InChI=1S/C17H21NO3/c1-18-7-6-17(5-4-13(19)11-16(17)18)12-2-3-14-15(10-12)21-9-8-20-14/h2-3,10,16H,4-9,11H2,1H3/t16-,17-/m0/s1. The zero-order chi connectivity index (χ0) is 14.4. The Morgan fingerprint density at radius 1 is 1.19 bits per heavy atom. The van der Waals surface area contributed by atoms with Crippen LogP contribution in [0.4, 0.5) is 0 Å². The van der Waals surface area contributed by atoms with Gasteiger partial charge in [0, 0.05) is 24.3 Å². The summed E-state index contributed by atoms with van der Waals surface area (Å²) >= 11 is 0. The lowest BCUT2D eigenvalue weighted by atomic mass is 9.66. The van der Waals surface area contributed by atoms with Crippen molar-refractivity contribution in [3.63, 3.8) is 0 Å². The van der Waals surface area contributed by atoms with Crippen LogP contribution in [0.3, 0.4) is 0 Å². The maximum Gasteiger partial charge on any atom is 0.161 e. The van der Waals surface area contributed by atoms with Crippen LogP contribution in [0.25, 0.3) is 0 Å². The number of fused-ring (bicyclic) bond motifs is 2. The summed E-state index contributed by atoms with van der Waals surface area (Å²) in [5.41, 5.74) is 1.42. The highest BCUT2D eigenvalue weighted by Gasteiger charge is 2.50. The Bertz CT molecular complexity index is 585. The van der Waals surface area contributed by atoms with Crippen LogP contribution < -0.4 is 9.47 Å². The van der Waals surface area contributed by atoms with E-state index in [4.69, 9.17) is 9.47 Å². The molecule has 2 fully saturated rings. The van der Waals surface area contributed by atoms with Crippen molar-refractivity contribution in [2.45, 2.75) is 37.1 Å². The minimum Gasteiger partial charge on any atom is -0.486 e. The number of Topliss-reactive ketones (excluding diaryl/α,β-unsaturated/α-hetero) is 1. The Hall–Kier alpha value is -1.55. The largest absolute Gasteiger partial charge is 0.486 e. The highest BCUT2D eigenvalue weighted by molar-refractivity contribution is 5.81. The molecule has 1 saturated heterocycles. The lowest BCUT2D eigenvalue weighted by Crippen LogP contribution is -2.46. The molecule has 21 heavy (non-hydrogen) atoms. The van der Waals surface area contributed by atoms with E-state index in [1.165, 1.54) is 5.56 Å². The summed E-state index contributed by atoms with van der Waals surface area (Å²) in [6, 6.07) is 6.69. The first-order chi connectivity index (χ1) is 10.2. The molecule has 112 valence electrons. The van der Waals surface area contributed by atoms with Gasteiger partial charge in [-0.3, -0.25) is 4.79 Å². The molecule has 4 nitrogen and oxygen atoms in total. The van der Waals surface area contributed by atoms with Crippen molar-refractivity contribution in [3.8, 4) is 11.5 Å². The maximum atomic E-state index is 11.9. The summed E-state index contributed by atoms with van der Waals surface area (Å²) in [7, 11) is 2.14. The fourth-order valence-electron chi connectivity index (χ4n) is 4.28. The molecular formula is C17H21NO3. The molecule has 0 radical (unpaired) electrons. The molecule has 2 aliphatic heterocycles. The minimum absolute atomic E-state index is 0.110. The molecule has 1 aromatic carbocycles. The number of hydrogen-bond acceptors (Lipinski definition) is 4. The summed E-state index contributed by atoms with van der Waals surface area (Å²) in [5.74, 6) is 2.11. The third kappa shape index (κ3) is 1.96. The molecule has 0 amide bonds. The molecule has 0 bridgehead atoms. The van der Waals surface area contributed by atoms with Crippen LogP contribution in [0.1, 0.15) is 31.2 Å². The summed E-state index contributed by atoms with van der Waals surface area (Å²) in [6.07, 6.45) is 3.48. The van der Waals surface area contributed by atoms with E-state index in [9.17, 15) is 4.79 Å². The van der Waals surface area contributed by atoms with Crippen molar-refractivity contribution in [2.75, 3.05) is 26.8 Å². The third-order valence-electron chi connectivity index (χ3n) is 5.47. The number of hydrogen-bond donors (Lipinski definition) is 0. The minimum atomic E-state index is 0.110. The van der Waals surface area contributed by atoms with Crippen molar-refractivity contribution in [2.24, 2.45) is 0 Å². The van der Waals surface area contributed by atoms with E-state index in [0.29, 0.717) is 37.9 Å². The van der Waals surface area contributed by atoms with Gasteiger partial charge in [0.05, 0.1) is 0 Å². The van der Waals surface area contributed by atoms with Crippen molar-refractivity contribution < 1.29 is 14.3 Å². The lowest BCUT2D eigenvalue weighted by Gasteiger charge is -2.41. The zero-order valence-electron chi connectivity index (χ0n) is 12.4. The Morgan fingerprint density at radius 2 is 2.00 bits per heavy atom. The van der Waals surface area contributed by atoms with Crippen LogP contribution in [-0.2, 0) is 10.2 Å². The molecule has 0 unspecified atom stereocenters. The van der Waals surface area contributed by atoms with E-state index >= 15 is 0 Å². The molecule has 2 heterocycles. The average molecular weight is 287 g/mol. The fourth-order valence-corrected chi connectivity index (χ4v) is 4.28. The molecule has 4 rings (SSSR count). The number of likely N-dealkylation sites (tertiary alicyclic amines) is 1. The molecule has 0 N–H and O–H groups in total. The molecule has 1 aromatic rings. The van der Waals surface area contributed by atoms with Crippen LogP contribution in [-0.4, -0.2) is 43.5 Å². The molecule has 2 atom stereocenters. The first kappa shape index (κ1) is 13.1. The zero-order valence-corrected chi connectivity index (χ0v) is 12.4. The van der Waals surface area contributed by atoms with Crippen LogP contribution >= 0.6 is 0 Å². The van der Waals surface area contributed by atoms with Gasteiger partial charge in [-0.2, -0.15) is 0 Å². The number of rotatable bonds is 1. The molecule has 1 aliphatic carbocycles. The summed E-state index contributed by atoms with van der Waals surface area (Å²) in [5, 5.41) is 0. The summed E-state index contributed by atoms with van der Waals surface area (Å²) < 4.78 is 11.4. The molecule has 0 spiro atoms. The Balaban J connectivity index is 1.75. The topological polar surface area (TPSA) is 38.8 Å². The van der Waals surface area contributed by atoms with Crippen LogP contribution in [0.2, 0.25) is 0 Å². The van der Waals surface area contributed by atoms with Crippen LogP contribution in [0.5, 0.6) is 11.5 Å². The van der Waals surface area contributed by atoms with Crippen molar-refractivity contribution >= 4 is 5.78 Å². The van der Waals surface area contributed by atoms with Crippen LogP contribution in [0, 0.1) is 0 Å². The van der Waals surface area contributed by atoms with Gasteiger partial charge in [0.25, 0.3) is 0 Å². The van der Waals surface area contributed by atoms with E-state index in [1.54, 1.807) is 0 Å². The first-order valence-corrected chi connectivity index (χ1v) is 7.81. The quantitative estimate of drug-likeness (QED) is 0.793.